The molecule has 2 rings (SSSR count). The predicted molar refractivity (Wildman–Crippen MR) is 83.0 cm³/mol. The zero-order valence-corrected chi connectivity index (χ0v) is 13.2. The molecule has 1 unspecified atom stereocenters. The fraction of sp³-hybridized carbons (Fsp3) is 0.286. The number of rotatable bonds is 5. The molecule has 1 aromatic carbocycles. The Morgan fingerprint density at radius 3 is 2.62 bits per heavy atom. The molecule has 0 aliphatic carbocycles. The van der Waals surface area contributed by atoms with Crippen molar-refractivity contribution in [2.24, 2.45) is 0 Å². The lowest BCUT2D eigenvalue weighted by Crippen LogP contribution is -2.13. The molecule has 0 spiro atoms. The Labute approximate surface area is 129 Å². The van der Waals surface area contributed by atoms with E-state index < -0.39 is 17.6 Å². The summed E-state index contributed by atoms with van der Waals surface area (Å²) in [6.45, 7) is 1.63. The van der Waals surface area contributed by atoms with Gasteiger partial charge in [-0.1, -0.05) is 24.8 Å². The maximum atomic E-state index is 13.8. The standard InChI is InChI=1S/C14H14F2N2OS2/c1-8(13-9(15)4-3-5-10(13)16)11-6-12(19)18-14(17-11)21-7-20-2/h3-6,8H,7H2,1-2H3,(H,17,18,19). The number of halogens is 2. The lowest BCUT2D eigenvalue weighted by atomic mass is 9.96. The molecule has 21 heavy (non-hydrogen) atoms. The van der Waals surface area contributed by atoms with Crippen LogP contribution in [0.1, 0.15) is 24.1 Å². The largest absolute Gasteiger partial charge is 0.301 e. The van der Waals surface area contributed by atoms with Crippen LogP contribution in [0.5, 0.6) is 0 Å². The maximum Gasteiger partial charge on any atom is 0.251 e. The minimum absolute atomic E-state index is 0.0728. The van der Waals surface area contributed by atoms with E-state index in [4.69, 9.17) is 0 Å². The van der Waals surface area contributed by atoms with Gasteiger partial charge < -0.3 is 4.98 Å². The average molecular weight is 328 g/mol. The molecule has 0 aliphatic rings. The van der Waals surface area contributed by atoms with Gasteiger partial charge in [-0.25, -0.2) is 13.8 Å². The van der Waals surface area contributed by atoms with E-state index in [2.05, 4.69) is 9.97 Å². The average Bonchev–Trinajstić information content (AvgIpc) is 2.44. The van der Waals surface area contributed by atoms with Crippen molar-refractivity contribution in [1.82, 2.24) is 9.97 Å². The molecular weight excluding hydrogens is 314 g/mol. The third-order valence-corrected chi connectivity index (χ3v) is 4.81. The smallest absolute Gasteiger partial charge is 0.251 e. The summed E-state index contributed by atoms with van der Waals surface area (Å²) in [7, 11) is 0. The van der Waals surface area contributed by atoms with E-state index in [1.165, 1.54) is 36.0 Å². The van der Waals surface area contributed by atoms with E-state index >= 15 is 0 Å². The SMILES string of the molecule is CSCSc1nc(C(C)c2c(F)cccc2F)cc(=O)[nH]1. The normalized spacial score (nSPS) is 12.4. The summed E-state index contributed by atoms with van der Waals surface area (Å²) >= 11 is 2.98. The van der Waals surface area contributed by atoms with Crippen molar-refractivity contribution in [3.05, 3.63) is 57.5 Å². The molecule has 0 amide bonds. The molecular formula is C14H14F2N2OS2. The highest BCUT2D eigenvalue weighted by Crippen LogP contribution is 2.28. The van der Waals surface area contributed by atoms with E-state index in [9.17, 15) is 13.6 Å². The molecule has 7 heteroatoms. The monoisotopic (exact) mass is 328 g/mol. The van der Waals surface area contributed by atoms with Crippen molar-refractivity contribution in [2.45, 2.75) is 18.0 Å². The molecule has 112 valence electrons. The van der Waals surface area contributed by atoms with Crippen molar-refractivity contribution in [1.29, 1.82) is 0 Å². The van der Waals surface area contributed by atoms with Gasteiger partial charge >= 0.3 is 0 Å². The van der Waals surface area contributed by atoms with Crippen LogP contribution in [-0.2, 0) is 0 Å². The van der Waals surface area contributed by atoms with Gasteiger partial charge in [-0.2, -0.15) is 11.8 Å². The topological polar surface area (TPSA) is 45.8 Å². The minimum Gasteiger partial charge on any atom is -0.301 e. The first-order chi connectivity index (χ1) is 10.0. The first-order valence-corrected chi connectivity index (χ1v) is 8.57. The number of nitrogens with zero attached hydrogens (tertiary/aromatic N) is 1. The van der Waals surface area contributed by atoms with E-state index in [0.717, 1.165) is 5.08 Å². The molecule has 0 radical (unpaired) electrons. The van der Waals surface area contributed by atoms with Crippen molar-refractivity contribution >= 4 is 23.5 Å². The molecule has 1 aromatic heterocycles. The van der Waals surface area contributed by atoms with Gasteiger partial charge in [0.25, 0.3) is 5.56 Å². The van der Waals surface area contributed by atoms with Gasteiger partial charge in [0.2, 0.25) is 0 Å². The molecule has 1 N–H and O–H groups in total. The van der Waals surface area contributed by atoms with E-state index in [-0.39, 0.29) is 11.1 Å². The molecule has 0 aliphatic heterocycles. The highest BCUT2D eigenvalue weighted by molar-refractivity contribution is 8.15. The summed E-state index contributed by atoms with van der Waals surface area (Å²) in [6.07, 6.45) is 1.94. The Morgan fingerprint density at radius 1 is 1.33 bits per heavy atom. The van der Waals surface area contributed by atoms with E-state index in [1.807, 2.05) is 6.26 Å². The molecule has 1 atom stereocenters. The zero-order chi connectivity index (χ0) is 15.4. The van der Waals surface area contributed by atoms with Gasteiger partial charge in [0.15, 0.2) is 5.16 Å². The van der Waals surface area contributed by atoms with Crippen molar-refractivity contribution < 1.29 is 8.78 Å². The van der Waals surface area contributed by atoms with Crippen LogP contribution >= 0.6 is 23.5 Å². The lowest BCUT2D eigenvalue weighted by Gasteiger charge is -2.14. The van der Waals surface area contributed by atoms with Crippen molar-refractivity contribution in [2.75, 3.05) is 11.3 Å². The minimum atomic E-state index is -0.637. The quantitative estimate of drug-likeness (QED) is 0.517. The third-order valence-electron chi connectivity index (χ3n) is 2.93. The molecule has 1 heterocycles. The zero-order valence-electron chi connectivity index (χ0n) is 11.5. The summed E-state index contributed by atoms with van der Waals surface area (Å²) in [5.41, 5.74) is -0.0463. The highest BCUT2D eigenvalue weighted by atomic mass is 32.2. The maximum absolute atomic E-state index is 13.8. The van der Waals surface area contributed by atoms with E-state index in [0.29, 0.717) is 10.9 Å². The summed E-state index contributed by atoms with van der Waals surface area (Å²) in [6, 6.07) is 4.99. The van der Waals surface area contributed by atoms with Crippen LogP contribution in [0.4, 0.5) is 8.78 Å². The van der Waals surface area contributed by atoms with Crippen LogP contribution in [0.15, 0.2) is 34.2 Å². The Balaban J connectivity index is 2.41. The predicted octanol–water partition coefficient (Wildman–Crippen LogP) is 3.61. The fourth-order valence-electron chi connectivity index (χ4n) is 1.93. The third kappa shape index (κ3) is 3.85. The Bertz CT molecular complexity index is 671. The lowest BCUT2D eigenvalue weighted by molar-refractivity contribution is 0.543. The first kappa shape index (κ1) is 16.0. The molecule has 0 fully saturated rings. The van der Waals surface area contributed by atoms with Crippen LogP contribution in [-0.4, -0.2) is 21.3 Å². The Kier molecular flexibility index (Phi) is 5.41. The summed E-state index contributed by atoms with van der Waals surface area (Å²) < 4.78 is 27.7. The molecule has 3 nitrogen and oxygen atoms in total. The second-order valence-corrected chi connectivity index (χ2v) is 6.58. The Hall–Kier alpha value is -1.34. The first-order valence-electron chi connectivity index (χ1n) is 6.20. The van der Waals surface area contributed by atoms with Gasteiger partial charge in [-0.05, 0) is 18.4 Å². The summed E-state index contributed by atoms with van der Waals surface area (Å²) in [4.78, 5) is 18.6. The Morgan fingerprint density at radius 2 is 2.00 bits per heavy atom. The number of H-pyrrole nitrogens is 1. The van der Waals surface area contributed by atoms with Gasteiger partial charge in [0, 0.05) is 22.6 Å². The van der Waals surface area contributed by atoms with Crippen LogP contribution < -0.4 is 5.56 Å². The van der Waals surface area contributed by atoms with Gasteiger partial charge in [-0.15, -0.1) is 0 Å². The molecule has 0 saturated carbocycles. The number of hydrogen-bond acceptors (Lipinski definition) is 4. The number of hydrogen-bond donors (Lipinski definition) is 1. The second-order valence-electron chi connectivity index (χ2n) is 4.38. The summed E-state index contributed by atoms with van der Waals surface area (Å²) in [5.74, 6) is -1.91. The van der Waals surface area contributed by atoms with Gasteiger partial charge in [-0.3, -0.25) is 4.79 Å². The van der Waals surface area contributed by atoms with Crippen LogP contribution in [0.2, 0.25) is 0 Å². The fourth-order valence-corrected chi connectivity index (χ4v) is 3.19. The van der Waals surface area contributed by atoms with Gasteiger partial charge in [0.05, 0.1) is 5.69 Å². The molecule has 2 aromatic rings. The number of benzene rings is 1. The number of aromatic nitrogens is 2. The molecule has 0 bridgehead atoms. The number of thioether (sulfide) groups is 2. The van der Waals surface area contributed by atoms with Crippen molar-refractivity contribution in [3.63, 3.8) is 0 Å². The number of aromatic amines is 1. The molecule has 0 saturated heterocycles. The van der Waals surface area contributed by atoms with Crippen LogP contribution in [0.3, 0.4) is 0 Å². The van der Waals surface area contributed by atoms with Gasteiger partial charge in [0.1, 0.15) is 11.6 Å². The van der Waals surface area contributed by atoms with Crippen LogP contribution in [0.25, 0.3) is 0 Å². The van der Waals surface area contributed by atoms with E-state index in [1.54, 1.807) is 18.7 Å². The summed E-state index contributed by atoms with van der Waals surface area (Å²) in [5, 5.41) is 1.19. The second kappa shape index (κ2) is 7.09. The van der Waals surface area contributed by atoms with Crippen LogP contribution in [0, 0.1) is 11.6 Å². The highest BCUT2D eigenvalue weighted by Gasteiger charge is 2.19. The van der Waals surface area contributed by atoms with Crippen molar-refractivity contribution in [3.8, 4) is 0 Å². The number of nitrogens with one attached hydrogen (secondary N) is 1.